The number of hydrogen-bond donors (Lipinski definition) is 2. The molecule has 4 aliphatic carbocycles. The predicted molar refractivity (Wildman–Crippen MR) is 129 cm³/mol. The van der Waals surface area contributed by atoms with Gasteiger partial charge in [0.25, 0.3) is 0 Å². The van der Waals surface area contributed by atoms with Gasteiger partial charge in [-0.05, 0) is 62.7 Å². The molecular formula is C28H42O7. The number of aliphatic hydroxyl groups excluding tert-OH is 1. The van der Waals surface area contributed by atoms with E-state index in [2.05, 4.69) is 13.0 Å². The lowest BCUT2D eigenvalue weighted by Crippen LogP contribution is -2.72. The zero-order valence-electron chi connectivity index (χ0n) is 22.0. The largest absolute Gasteiger partial charge is 0.458 e. The second kappa shape index (κ2) is 8.98. The number of aliphatic hydroxyl groups is 2. The molecule has 7 heteroatoms. The molecule has 2 N–H and O–H groups in total. The SMILES string of the molecule is CC(=O)OC1C(OC(=O)CC(C)C)[C@]2(C)C(C(C)=O)CC[C@]2(O)C2CC=C3CC(O)CC[C@]3(C)C12. The van der Waals surface area contributed by atoms with Crippen LogP contribution < -0.4 is 0 Å². The number of rotatable bonds is 5. The molecule has 0 bridgehead atoms. The molecule has 0 aliphatic heterocycles. The molecule has 0 aromatic carbocycles. The van der Waals surface area contributed by atoms with E-state index in [4.69, 9.17) is 9.47 Å². The second-order valence-corrected chi connectivity index (χ2v) is 12.4. The Labute approximate surface area is 208 Å². The first-order chi connectivity index (χ1) is 16.3. The summed E-state index contributed by atoms with van der Waals surface area (Å²) in [6.45, 7) is 10.7. The normalized spacial score (nSPS) is 44.5. The average molecular weight is 491 g/mol. The Kier molecular flexibility index (Phi) is 6.76. The molecule has 0 aromatic heterocycles. The maximum atomic E-state index is 13.1. The first-order valence-electron chi connectivity index (χ1n) is 13.2. The summed E-state index contributed by atoms with van der Waals surface area (Å²) < 4.78 is 12.2. The number of hydrogen-bond acceptors (Lipinski definition) is 7. The van der Waals surface area contributed by atoms with Crippen LogP contribution in [-0.4, -0.2) is 51.8 Å². The Bertz CT molecular complexity index is 924. The molecule has 0 spiro atoms. The van der Waals surface area contributed by atoms with Crippen LogP contribution in [-0.2, 0) is 23.9 Å². The van der Waals surface area contributed by atoms with Gasteiger partial charge >= 0.3 is 11.9 Å². The molecule has 35 heavy (non-hydrogen) atoms. The van der Waals surface area contributed by atoms with Gasteiger partial charge in [0.15, 0.2) is 0 Å². The summed E-state index contributed by atoms with van der Waals surface area (Å²) >= 11 is 0. The maximum Gasteiger partial charge on any atom is 0.306 e. The van der Waals surface area contributed by atoms with E-state index in [1.807, 2.05) is 20.8 Å². The number of carbonyl (C=O) groups excluding carboxylic acids is 3. The maximum absolute atomic E-state index is 13.1. The van der Waals surface area contributed by atoms with Crippen molar-refractivity contribution in [3.8, 4) is 0 Å². The van der Waals surface area contributed by atoms with Crippen LogP contribution in [0.1, 0.15) is 86.5 Å². The Hall–Kier alpha value is -1.73. The molecule has 0 heterocycles. The molecule has 0 saturated heterocycles. The summed E-state index contributed by atoms with van der Waals surface area (Å²) in [5, 5.41) is 22.9. The molecule has 3 fully saturated rings. The van der Waals surface area contributed by atoms with Crippen molar-refractivity contribution in [2.75, 3.05) is 0 Å². The van der Waals surface area contributed by atoms with Gasteiger partial charge in [-0.15, -0.1) is 0 Å². The number of Topliss-reactive ketones (excluding diaryl/α,β-unsaturated/α-hetero) is 1. The van der Waals surface area contributed by atoms with Crippen molar-refractivity contribution >= 4 is 17.7 Å². The minimum absolute atomic E-state index is 0.0487. The van der Waals surface area contributed by atoms with E-state index in [0.29, 0.717) is 38.5 Å². The molecule has 6 unspecified atom stereocenters. The predicted octanol–water partition coefficient (Wildman–Crippen LogP) is 3.74. The number of allylic oxidation sites excluding steroid dienone is 1. The highest BCUT2D eigenvalue weighted by atomic mass is 16.6. The van der Waals surface area contributed by atoms with Crippen LogP contribution in [0.25, 0.3) is 0 Å². The van der Waals surface area contributed by atoms with Gasteiger partial charge in [0.2, 0.25) is 0 Å². The highest BCUT2D eigenvalue weighted by molar-refractivity contribution is 5.80. The summed E-state index contributed by atoms with van der Waals surface area (Å²) in [6, 6.07) is 0. The van der Waals surface area contributed by atoms with Gasteiger partial charge in [0.1, 0.15) is 18.0 Å². The van der Waals surface area contributed by atoms with Crippen LogP contribution in [0.3, 0.4) is 0 Å². The van der Waals surface area contributed by atoms with Gasteiger partial charge in [-0.3, -0.25) is 14.4 Å². The van der Waals surface area contributed by atoms with Crippen LogP contribution in [0.15, 0.2) is 11.6 Å². The van der Waals surface area contributed by atoms with E-state index in [-0.39, 0.29) is 30.0 Å². The lowest BCUT2D eigenvalue weighted by Gasteiger charge is -2.64. The minimum Gasteiger partial charge on any atom is -0.458 e. The summed E-state index contributed by atoms with van der Waals surface area (Å²) in [4.78, 5) is 38.4. The van der Waals surface area contributed by atoms with E-state index >= 15 is 0 Å². The second-order valence-electron chi connectivity index (χ2n) is 12.4. The van der Waals surface area contributed by atoms with Gasteiger partial charge in [-0.25, -0.2) is 0 Å². The average Bonchev–Trinajstić information content (AvgIpc) is 3.02. The first-order valence-corrected chi connectivity index (χ1v) is 13.2. The highest BCUT2D eigenvalue weighted by Crippen LogP contribution is 2.69. The van der Waals surface area contributed by atoms with Crippen LogP contribution in [0.5, 0.6) is 0 Å². The summed E-state index contributed by atoms with van der Waals surface area (Å²) in [6.07, 6.45) is 3.57. The summed E-state index contributed by atoms with van der Waals surface area (Å²) in [7, 11) is 0. The smallest absolute Gasteiger partial charge is 0.306 e. The van der Waals surface area contributed by atoms with Crippen molar-refractivity contribution in [1.29, 1.82) is 0 Å². The topological polar surface area (TPSA) is 110 Å². The van der Waals surface area contributed by atoms with E-state index < -0.39 is 52.6 Å². The van der Waals surface area contributed by atoms with Crippen molar-refractivity contribution in [2.24, 2.45) is 34.5 Å². The number of esters is 2. The molecule has 196 valence electrons. The molecule has 4 aliphatic rings. The fourth-order valence-corrected chi connectivity index (χ4v) is 8.32. The molecule has 3 saturated carbocycles. The number of fused-ring (bicyclic) bond motifs is 5. The summed E-state index contributed by atoms with van der Waals surface area (Å²) in [5.74, 6) is -1.91. The van der Waals surface area contributed by atoms with Crippen LogP contribution in [0, 0.1) is 34.5 Å². The molecular weight excluding hydrogens is 448 g/mol. The Balaban J connectivity index is 1.90. The van der Waals surface area contributed by atoms with Crippen molar-refractivity contribution in [3.63, 3.8) is 0 Å². The van der Waals surface area contributed by atoms with Crippen molar-refractivity contribution in [1.82, 2.24) is 0 Å². The van der Waals surface area contributed by atoms with Crippen molar-refractivity contribution in [3.05, 3.63) is 11.6 Å². The standard InChI is InChI=1S/C28H42O7/c1-15(2)13-22(32)35-25-24(34-17(4)30)23-21(8-7-18-14-19(31)9-11-26(18,23)5)28(33)12-10-20(16(3)29)27(25,28)6/h7,15,19-21,23-25,31,33H,8-14H2,1-6H3/t19?,20?,21?,23?,24?,25?,26-,27-,28-/m0/s1. The fraction of sp³-hybridized carbons (Fsp3) is 0.821. The summed E-state index contributed by atoms with van der Waals surface area (Å²) in [5.41, 5.74) is -1.64. The first kappa shape index (κ1) is 26.3. The highest BCUT2D eigenvalue weighted by Gasteiger charge is 2.75. The minimum atomic E-state index is -1.26. The third-order valence-electron chi connectivity index (χ3n) is 9.93. The van der Waals surface area contributed by atoms with Crippen LogP contribution in [0.2, 0.25) is 0 Å². The molecule has 0 radical (unpaired) electrons. The molecule has 4 rings (SSSR count). The molecule has 7 nitrogen and oxygen atoms in total. The third-order valence-corrected chi connectivity index (χ3v) is 9.93. The van der Waals surface area contributed by atoms with Crippen molar-refractivity contribution < 1.29 is 34.1 Å². The monoisotopic (exact) mass is 490 g/mol. The van der Waals surface area contributed by atoms with E-state index in [1.54, 1.807) is 0 Å². The number of ether oxygens (including phenoxy) is 2. The molecule has 9 atom stereocenters. The lowest BCUT2D eigenvalue weighted by molar-refractivity contribution is -0.274. The lowest BCUT2D eigenvalue weighted by atomic mass is 9.44. The zero-order chi connectivity index (χ0) is 25.9. The van der Waals surface area contributed by atoms with E-state index in [9.17, 15) is 24.6 Å². The Morgan fingerprint density at radius 3 is 2.40 bits per heavy atom. The quantitative estimate of drug-likeness (QED) is 0.446. The van der Waals surface area contributed by atoms with Gasteiger partial charge < -0.3 is 19.7 Å². The fourth-order valence-electron chi connectivity index (χ4n) is 8.32. The van der Waals surface area contributed by atoms with E-state index in [0.717, 1.165) is 5.57 Å². The Morgan fingerprint density at radius 1 is 1.11 bits per heavy atom. The zero-order valence-corrected chi connectivity index (χ0v) is 22.0. The van der Waals surface area contributed by atoms with Gasteiger partial charge in [0, 0.05) is 30.6 Å². The van der Waals surface area contributed by atoms with E-state index in [1.165, 1.54) is 13.8 Å². The van der Waals surface area contributed by atoms with Gasteiger partial charge in [-0.2, -0.15) is 0 Å². The van der Waals surface area contributed by atoms with Crippen LogP contribution >= 0.6 is 0 Å². The van der Waals surface area contributed by atoms with Crippen LogP contribution in [0.4, 0.5) is 0 Å². The number of ketones is 1. The molecule has 0 amide bonds. The third kappa shape index (κ3) is 3.97. The van der Waals surface area contributed by atoms with Gasteiger partial charge in [0.05, 0.1) is 11.7 Å². The Morgan fingerprint density at radius 2 is 1.80 bits per heavy atom. The number of carbonyl (C=O) groups is 3. The van der Waals surface area contributed by atoms with Crippen molar-refractivity contribution in [2.45, 2.75) is 110 Å². The molecule has 0 aromatic rings. The van der Waals surface area contributed by atoms with Gasteiger partial charge in [-0.1, -0.05) is 39.3 Å².